The van der Waals surface area contributed by atoms with Gasteiger partial charge in [0.15, 0.2) is 0 Å². The minimum atomic E-state index is -0.892. The van der Waals surface area contributed by atoms with E-state index in [0.717, 1.165) is 12.8 Å². The Morgan fingerprint density at radius 2 is 1.41 bits per heavy atom. The number of rotatable bonds is 3. The van der Waals surface area contributed by atoms with E-state index >= 15 is 0 Å². The predicted octanol–water partition coefficient (Wildman–Crippen LogP) is 2.76. The number of carbonyl (C=O) groups excluding carboxylic acids is 1. The predicted molar refractivity (Wildman–Crippen MR) is 85.1 cm³/mol. The summed E-state index contributed by atoms with van der Waals surface area (Å²) in [7, 11) is 0. The molecule has 4 nitrogen and oxygen atoms in total. The Bertz CT molecular complexity index is 435. The molecule has 2 saturated carbocycles. The van der Waals surface area contributed by atoms with Crippen LogP contribution < -0.4 is 0 Å². The van der Waals surface area contributed by atoms with Gasteiger partial charge in [-0.05, 0) is 79.1 Å². The summed E-state index contributed by atoms with van der Waals surface area (Å²) in [6, 6.07) is 0. The highest BCUT2D eigenvalue weighted by molar-refractivity contribution is 5.75. The molecule has 0 saturated heterocycles. The van der Waals surface area contributed by atoms with Crippen molar-refractivity contribution in [2.45, 2.75) is 78.6 Å². The highest BCUT2D eigenvalue weighted by Crippen LogP contribution is 2.59. The second-order valence-electron chi connectivity index (χ2n) is 9.45. The lowest BCUT2D eigenvalue weighted by atomic mass is 9.65. The molecule has 0 spiro atoms. The molecule has 1 unspecified atom stereocenters. The first kappa shape index (κ1) is 17.7. The lowest BCUT2D eigenvalue weighted by Gasteiger charge is -2.46. The Labute approximate surface area is 134 Å². The molecule has 0 amide bonds. The molecule has 0 heterocycles. The Kier molecular flexibility index (Phi) is 4.19. The van der Waals surface area contributed by atoms with Gasteiger partial charge in [-0.3, -0.25) is 4.79 Å². The summed E-state index contributed by atoms with van der Waals surface area (Å²) in [5, 5.41) is 21.2. The number of aliphatic hydroxyl groups is 2. The van der Waals surface area contributed by atoms with Crippen LogP contribution in [-0.4, -0.2) is 33.5 Å². The van der Waals surface area contributed by atoms with Crippen LogP contribution in [0.3, 0.4) is 0 Å². The molecule has 0 aliphatic heterocycles. The standard InChI is InChI=1S/C18H32O4/c1-16(2,3)15(19)22-12-9-10-8-11(12)14(18(6,7)21)13(10)17(4,5)20/h10-14,20-21H,8-9H2,1-7H3/t10-,11+,12-,13?,14-/m1/s1. The molecule has 0 aromatic rings. The van der Waals surface area contributed by atoms with Crippen molar-refractivity contribution < 1.29 is 19.7 Å². The van der Waals surface area contributed by atoms with Crippen LogP contribution in [0.5, 0.6) is 0 Å². The smallest absolute Gasteiger partial charge is 0.311 e. The maximum atomic E-state index is 12.2. The summed E-state index contributed by atoms with van der Waals surface area (Å²) in [5.74, 6) is 0.248. The highest BCUT2D eigenvalue weighted by atomic mass is 16.5. The maximum absolute atomic E-state index is 12.2. The Balaban J connectivity index is 2.22. The highest BCUT2D eigenvalue weighted by Gasteiger charge is 2.61. The van der Waals surface area contributed by atoms with Gasteiger partial charge in [0, 0.05) is 5.92 Å². The van der Waals surface area contributed by atoms with Gasteiger partial charge in [0.1, 0.15) is 6.10 Å². The van der Waals surface area contributed by atoms with Gasteiger partial charge in [0.2, 0.25) is 0 Å². The van der Waals surface area contributed by atoms with Gasteiger partial charge >= 0.3 is 5.97 Å². The fraction of sp³-hybridized carbons (Fsp3) is 0.944. The largest absolute Gasteiger partial charge is 0.462 e. The SMILES string of the molecule is CC(C)(C)C(=O)O[C@@H]1C[C@H]2C[C@@H]1[C@@H](C(C)(C)O)C2C(C)(C)O. The van der Waals surface area contributed by atoms with E-state index in [1.807, 2.05) is 34.6 Å². The van der Waals surface area contributed by atoms with Crippen LogP contribution >= 0.6 is 0 Å². The van der Waals surface area contributed by atoms with Crippen molar-refractivity contribution in [2.75, 3.05) is 0 Å². The van der Waals surface area contributed by atoms with Crippen molar-refractivity contribution in [1.29, 1.82) is 0 Å². The first-order valence-electron chi connectivity index (χ1n) is 8.38. The zero-order valence-electron chi connectivity index (χ0n) is 15.0. The quantitative estimate of drug-likeness (QED) is 0.786. The van der Waals surface area contributed by atoms with Crippen LogP contribution in [0.2, 0.25) is 0 Å². The number of fused-ring (bicyclic) bond motifs is 2. The first-order chi connectivity index (χ1) is 9.73. The number of ether oxygens (including phenoxy) is 1. The molecule has 2 N–H and O–H groups in total. The fourth-order valence-corrected chi connectivity index (χ4v) is 4.73. The molecule has 2 bridgehead atoms. The van der Waals surface area contributed by atoms with E-state index in [4.69, 9.17) is 4.74 Å². The summed E-state index contributed by atoms with van der Waals surface area (Å²) in [4.78, 5) is 12.2. The van der Waals surface area contributed by atoms with Gasteiger partial charge in [0.25, 0.3) is 0 Å². The second-order valence-corrected chi connectivity index (χ2v) is 9.45. The van der Waals surface area contributed by atoms with E-state index in [1.54, 1.807) is 13.8 Å². The first-order valence-corrected chi connectivity index (χ1v) is 8.38. The van der Waals surface area contributed by atoms with E-state index in [0.29, 0.717) is 5.92 Å². The molecular formula is C18H32O4. The number of carbonyl (C=O) groups is 1. The van der Waals surface area contributed by atoms with Crippen molar-refractivity contribution in [1.82, 2.24) is 0 Å². The van der Waals surface area contributed by atoms with Gasteiger partial charge in [-0.1, -0.05) is 0 Å². The molecule has 5 atom stereocenters. The monoisotopic (exact) mass is 312 g/mol. The third-order valence-electron chi connectivity index (χ3n) is 5.45. The summed E-state index contributed by atoms with van der Waals surface area (Å²) in [5.41, 5.74) is -2.23. The lowest BCUT2D eigenvalue weighted by Crippen LogP contribution is -2.52. The van der Waals surface area contributed by atoms with E-state index in [1.165, 1.54) is 0 Å². The van der Waals surface area contributed by atoms with Crippen LogP contribution in [0, 0.1) is 29.1 Å². The molecule has 4 heteroatoms. The molecule has 0 radical (unpaired) electrons. The summed E-state index contributed by atoms with van der Waals surface area (Å²) in [6.07, 6.45) is 1.59. The summed E-state index contributed by atoms with van der Waals surface area (Å²) < 4.78 is 5.76. The molecule has 2 aliphatic carbocycles. The van der Waals surface area contributed by atoms with Crippen molar-refractivity contribution >= 4 is 5.97 Å². The molecule has 2 fully saturated rings. The molecular weight excluding hydrogens is 280 g/mol. The average molecular weight is 312 g/mol. The molecule has 0 aromatic carbocycles. The van der Waals surface area contributed by atoms with Crippen LogP contribution in [-0.2, 0) is 9.53 Å². The van der Waals surface area contributed by atoms with Crippen molar-refractivity contribution in [3.8, 4) is 0 Å². The number of hydrogen-bond donors (Lipinski definition) is 2. The Morgan fingerprint density at radius 3 is 1.82 bits per heavy atom. The molecule has 128 valence electrons. The van der Waals surface area contributed by atoms with Gasteiger partial charge < -0.3 is 14.9 Å². The molecule has 0 aromatic heterocycles. The summed E-state index contributed by atoms with van der Waals surface area (Å²) >= 11 is 0. The topological polar surface area (TPSA) is 66.8 Å². The van der Waals surface area contributed by atoms with Crippen molar-refractivity contribution in [3.05, 3.63) is 0 Å². The maximum Gasteiger partial charge on any atom is 0.311 e. The average Bonchev–Trinajstić information content (AvgIpc) is 2.82. The molecule has 22 heavy (non-hydrogen) atoms. The third-order valence-corrected chi connectivity index (χ3v) is 5.45. The van der Waals surface area contributed by atoms with E-state index in [2.05, 4.69) is 0 Å². The zero-order chi connectivity index (χ0) is 17.1. The lowest BCUT2D eigenvalue weighted by molar-refractivity contribution is -0.171. The van der Waals surface area contributed by atoms with Gasteiger partial charge in [-0.2, -0.15) is 0 Å². The van der Waals surface area contributed by atoms with Gasteiger partial charge in [-0.25, -0.2) is 0 Å². The Hall–Kier alpha value is -0.610. The van der Waals surface area contributed by atoms with Crippen LogP contribution in [0.1, 0.15) is 61.3 Å². The normalized spacial score (nSPS) is 35.8. The van der Waals surface area contributed by atoms with Crippen LogP contribution in [0.4, 0.5) is 0 Å². The number of hydrogen-bond acceptors (Lipinski definition) is 4. The van der Waals surface area contributed by atoms with Gasteiger partial charge in [0.05, 0.1) is 16.6 Å². The summed E-state index contributed by atoms with van der Waals surface area (Å²) in [6.45, 7) is 12.8. The fourth-order valence-electron chi connectivity index (χ4n) is 4.73. The van der Waals surface area contributed by atoms with Crippen molar-refractivity contribution in [3.63, 3.8) is 0 Å². The van der Waals surface area contributed by atoms with Crippen LogP contribution in [0.15, 0.2) is 0 Å². The Morgan fingerprint density at radius 1 is 0.909 bits per heavy atom. The van der Waals surface area contributed by atoms with Gasteiger partial charge in [-0.15, -0.1) is 0 Å². The third kappa shape index (κ3) is 3.18. The van der Waals surface area contributed by atoms with E-state index in [-0.39, 0.29) is 29.8 Å². The minimum Gasteiger partial charge on any atom is -0.462 e. The minimum absolute atomic E-state index is 0.0436. The number of esters is 1. The molecule has 2 aliphatic rings. The van der Waals surface area contributed by atoms with E-state index in [9.17, 15) is 15.0 Å². The zero-order valence-corrected chi connectivity index (χ0v) is 15.0. The van der Waals surface area contributed by atoms with E-state index < -0.39 is 16.6 Å². The second kappa shape index (κ2) is 5.20. The van der Waals surface area contributed by atoms with Crippen molar-refractivity contribution in [2.24, 2.45) is 29.1 Å². The molecule has 2 rings (SSSR count). The van der Waals surface area contributed by atoms with Crippen LogP contribution in [0.25, 0.3) is 0 Å².